The zero-order valence-corrected chi connectivity index (χ0v) is 9.63. The van der Waals surface area contributed by atoms with Crippen LogP contribution in [0.3, 0.4) is 0 Å². The van der Waals surface area contributed by atoms with Crippen molar-refractivity contribution in [2.45, 2.75) is 40.2 Å². The first kappa shape index (κ1) is 10.7. The van der Waals surface area contributed by atoms with Crippen molar-refractivity contribution in [2.24, 2.45) is 0 Å². The van der Waals surface area contributed by atoms with Gasteiger partial charge in [-0.25, -0.2) is 0 Å². The second-order valence-corrected chi connectivity index (χ2v) is 4.30. The summed E-state index contributed by atoms with van der Waals surface area (Å²) in [4.78, 5) is 1.54. The van der Waals surface area contributed by atoms with Crippen LogP contribution in [0.25, 0.3) is 0 Å². The van der Waals surface area contributed by atoms with Gasteiger partial charge < -0.3 is 5.32 Å². The summed E-state index contributed by atoms with van der Waals surface area (Å²) in [6.45, 7) is 8.82. The zero-order valence-electron chi connectivity index (χ0n) is 8.81. The third-order valence-electron chi connectivity index (χ3n) is 2.31. The first-order chi connectivity index (χ1) is 6.29. The van der Waals surface area contributed by atoms with Crippen LogP contribution in [0.15, 0.2) is 5.38 Å². The van der Waals surface area contributed by atoms with Gasteiger partial charge in [0.2, 0.25) is 0 Å². The van der Waals surface area contributed by atoms with E-state index >= 15 is 0 Å². The first-order valence-corrected chi connectivity index (χ1v) is 5.94. The van der Waals surface area contributed by atoms with Crippen LogP contribution in [0, 0.1) is 6.92 Å². The van der Waals surface area contributed by atoms with E-state index in [1.54, 1.807) is 0 Å². The van der Waals surface area contributed by atoms with E-state index < -0.39 is 0 Å². The van der Waals surface area contributed by atoms with Crippen molar-refractivity contribution in [3.05, 3.63) is 21.4 Å². The van der Waals surface area contributed by atoms with Gasteiger partial charge in [0.15, 0.2) is 0 Å². The molecule has 0 atom stereocenters. The highest BCUT2D eigenvalue weighted by molar-refractivity contribution is 7.10. The van der Waals surface area contributed by atoms with E-state index in [1.807, 2.05) is 11.3 Å². The van der Waals surface area contributed by atoms with Crippen LogP contribution in [0.4, 0.5) is 0 Å². The minimum absolute atomic E-state index is 1.04. The Morgan fingerprint density at radius 2 is 2.15 bits per heavy atom. The third kappa shape index (κ3) is 2.82. The number of nitrogens with one attached hydrogen (secondary N) is 1. The van der Waals surface area contributed by atoms with E-state index in [2.05, 4.69) is 31.5 Å². The fourth-order valence-electron chi connectivity index (χ4n) is 1.42. The highest BCUT2D eigenvalue weighted by atomic mass is 32.1. The Bertz CT molecular complexity index is 253. The van der Waals surface area contributed by atoms with Crippen LogP contribution < -0.4 is 5.32 Å². The van der Waals surface area contributed by atoms with Crippen molar-refractivity contribution in [1.82, 2.24) is 5.32 Å². The van der Waals surface area contributed by atoms with Crippen molar-refractivity contribution >= 4 is 11.3 Å². The van der Waals surface area contributed by atoms with Crippen molar-refractivity contribution in [3.8, 4) is 0 Å². The van der Waals surface area contributed by atoms with Gasteiger partial charge in [-0.3, -0.25) is 0 Å². The molecule has 1 rings (SSSR count). The summed E-state index contributed by atoms with van der Waals surface area (Å²) in [7, 11) is 0. The topological polar surface area (TPSA) is 12.0 Å². The molecule has 0 saturated heterocycles. The lowest BCUT2D eigenvalue weighted by Crippen LogP contribution is -2.13. The number of rotatable bonds is 5. The fourth-order valence-corrected chi connectivity index (χ4v) is 2.44. The number of thiophene rings is 1. The highest BCUT2D eigenvalue weighted by Crippen LogP contribution is 2.21. The van der Waals surface area contributed by atoms with Gasteiger partial charge in [-0.2, -0.15) is 0 Å². The maximum absolute atomic E-state index is 3.44. The molecule has 0 spiro atoms. The van der Waals surface area contributed by atoms with Crippen LogP contribution in [0.2, 0.25) is 0 Å². The molecule has 1 aromatic rings. The van der Waals surface area contributed by atoms with Gasteiger partial charge in [0.25, 0.3) is 0 Å². The lowest BCUT2D eigenvalue weighted by Gasteiger charge is -2.02. The molecule has 0 fully saturated rings. The maximum Gasteiger partial charge on any atom is 0.0216 e. The Morgan fingerprint density at radius 1 is 1.38 bits per heavy atom. The van der Waals surface area contributed by atoms with E-state index in [0.29, 0.717) is 0 Å². The van der Waals surface area contributed by atoms with Crippen LogP contribution in [-0.4, -0.2) is 6.54 Å². The predicted octanol–water partition coefficient (Wildman–Crippen LogP) is 3.12. The molecule has 0 bridgehead atoms. The standard InChI is InChI=1S/C11H19NS/c1-4-6-12-7-10-8-13-11(5-2)9(10)3/h8,12H,4-7H2,1-3H3. The zero-order chi connectivity index (χ0) is 9.68. The molecule has 13 heavy (non-hydrogen) atoms. The van der Waals surface area contributed by atoms with Crippen LogP contribution in [0.5, 0.6) is 0 Å². The summed E-state index contributed by atoms with van der Waals surface area (Å²) < 4.78 is 0. The summed E-state index contributed by atoms with van der Waals surface area (Å²) in [6, 6.07) is 0. The van der Waals surface area contributed by atoms with Gasteiger partial charge in [-0.1, -0.05) is 13.8 Å². The quantitative estimate of drug-likeness (QED) is 0.715. The van der Waals surface area contributed by atoms with E-state index in [9.17, 15) is 0 Å². The van der Waals surface area contributed by atoms with Gasteiger partial charge in [0, 0.05) is 11.4 Å². The Morgan fingerprint density at radius 3 is 2.69 bits per heavy atom. The van der Waals surface area contributed by atoms with E-state index in [0.717, 1.165) is 13.1 Å². The van der Waals surface area contributed by atoms with Gasteiger partial charge in [-0.05, 0) is 42.8 Å². The molecule has 0 saturated carbocycles. The summed E-state index contributed by atoms with van der Waals surface area (Å²) in [5.74, 6) is 0. The molecule has 1 nitrogen and oxygen atoms in total. The van der Waals surface area contributed by atoms with Gasteiger partial charge in [-0.15, -0.1) is 11.3 Å². The molecule has 2 heteroatoms. The second-order valence-electron chi connectivity index (χ2n) is 3.34. The largest absolute Gasteiger partial charge is 0.313 e. The molecule has 0 radical (unpaired) electrons. The average Bonchev–Trinajstić information content (AvgIpc) is 2.48. The van der Waals surface area contributed by atoms with Crippen LogP contribution >= 0.6 is 11.3 Å². The van der Waals surface area contributed by atoms with Gasteiger partial charge >= 0.3 is 0 Å². The van der Waals surface area contributed by atoms with Gasteiger partial charge in [0.1, 0.15) is 0 Å². The van der Waals surface area contributed by atoms with Crippen LogP contribution in [0.1, 0.15) is 36.3 Å². The second kappa shape index (κ2) is 5.40. The number of aryl methyl sites for hydroxylation is 1. The summed E-state index contributed by atoms with van der Waals surface area (Å²) in [5.41, 5.74) is 2.98. The average molecular weight is 197 g/mol. The van der Waals surface area contributed by atoms with Crippen molar-refractivity contribution in [2.75, 3.05) is 6.54 Å². The number of hydrogen-bond donors (Lipinski definition) is 1. The van der Waals surface area contributed by atoms with E-state index in [4.69, 9.17) is 0 Å². The molecule has 1 aromatic heterocycles. The Labute approximate surface area is 85.2 Å². The molecular formula is C11H19NS. The Kier molecular flexibility index (Phi) is 4.46. The summed E-state index contributed by atoms with van der Waals surface area (Å²) in [5, 5.41) is 5.72. The molecule has 0 aliphatic heterocycles. The van der Waals surface area contributed by atoms with E-state index in [1.165, 1.54) is 28.8 Å². The molecule has 1 heterocycles. The van der Waals surface area contributed by atoms with Gasteiger partial charge in [0.05, 0.1) is 0 Å². The molecule has 74 valence electrons. The number of hydrogen-bond acceptors (Lipinski definition) is 2. The van der Waals surface area contributed by atoms with Crippen LogP contribution in [-0.2, 0) is 13.0 Å². The molecule has 0 amide bonds. The highest BCUT2D eigenvalue weighted by Gasteiger charge is 2.04. The lowest BCUT2D eigenvalue weighted by atomic mass is 10.1. The SMILES string of the molecule is CCCNCc1csc(CC)c1C. The summed E-state index contributed by atoms with van der Waals surface area (Å²) in [6.07, 6.45) is 2.38. The van der Waals surface area contributed by atoms with Crippen molar-refractivity contribution < 1.29 is 0 Å². The summed E-state index contributed by atoms with van der Waals surface area (Å²) >= 11 is 1.89. The normalized spacial score (nSPS) is 10.7. The molecule has 0 unspecified atom stereocenters. The molecular weight excluding hydrogens is 178 g/mol. The molecule has 0 aliphatic carbocycles. The first-order valence-electron chi connectivity index (χ1n) is 5.06. The fraction of sp³-hybridized carbons (Fsp3) is 0.636. The molecule has 0 aromatic carbocycles. The van der Waals surface area contributed by atoms with E-state index in [-0.39, 0.29) is 0 Å². The molecule has 0 aliphatic rings. The lowest BCUT2D eigenvalue weighted by molar-refractivity contribution is 0.674. The monoisotopic (exact) mass is 197 g/mol. The van der Waals surface area contributed by atoms with Crippen molar-refractivity contribution in [1.29, 1.82) is 0 Å². The minimum Gasteiger partial charge on any atom is -0.313 e. The Balaban J connectivity index is 2.51. The maximum atomic E-state index is 3.44. The Hall–Kier alpha value is -0.340. The third-order valence-corrected chi connectivity index (χ3v) is 3.59. The predicted molar refractivity (Wildman–Crippen MR) is 60.4 cm³/mol. The smallest absolute Gasteiger partial charge is 0.0216 e. The minimum atomic E-state index is 1.04. The molecule has 1 N–H and O–H groups in total. The van der Waals surface area contributed by atoms with Crippen molar-refractivity contribution in [3.63, 3.8) is 0 Å².